The summed E-state index contributed by atoms with van der Waals surface area (Å²) in [7, 11) is 0. The number of carbonyl (C=O) groups is 1. The number of halogens is 6. The maximum atomic E-state index is 12.9. The van der Waals surface area contributed by atoms with Crippen LogP contribution < -0.4 is 10.6 Å². The number of alkyl halides is 6. The lowest BCUT2D eigenvalue weighted by Gasteiger charge is -2.16. The van der Waals surface area contributed by atoms with Crippen LogP contribution in [0.5, 0.6) is 0 Å². The molecule has 5 nitrogen and oxygen atoms in total. The number of rotatable bonds is 6. The molecule has 0 saturated heterocycles. The highest BCUT2D eigenvalue weighted by molar-refractivity contribution is 7.99. The first-order valence-corrected chi connectivity index (χ1v) is 8.77. The molecule has 1 amide bonds. The first-order valence-electron chi connectivity index (χ1n) is 7.78. The Morgan fingerprint density at radius 1 is 1.18 bits per heavy atom. The van der Waals surface area contributed by atoms with Gasteiger partial charge in [0.15, 0.2) is 0 Å². The van der Waals surface area contributed by atoms with E-state index in [1.807, 2.05) is 12.2 Å². The zero-order chi connectivity index (χ0) is 20.9. The summed E-state index contributed by atoms with van der Waals surface area (Å²) >= 11 is 1.28. The van der Waals surface area contributed by atoms with Gasteiger partial charge in [-0.1, -0.05) is 6.92 Å². The Labute approximate surface area is 159 Å². The average molecular weight is 424 g/mol. The van der Waals surface area contributed by atoms with Crippen LogP contribution in [0.25, 0.3) is 0 Å². The minimum Gasteiger partial charge on any atom is -0.359 e. The number of thioether (sulfide) groups is 1. The molecule has 0 saturated carbocycles. The van der Waals surface area contributed by atoms with Crippen LogP contribution in [0.4, 0.5) is 37.8 Å². The first-order chi connectivity index (χ1) is 13.0. The molecule has 0 aliphatic carbocycles. The quantitative estimate of drug-likeness (QED) is 0.514. The zero-order valence-corrected chi connectivity index (χ0v) is 15.1. The number of hydrogen-bond acceptors (Lipinski definition) is 5. The van der Waals surface area contributed by atoms with Crippen LogP contribution in [-0.2, 0) is 6.18 Å². The van der Waals surface area contributed by atoms with Gasteiger partial charge in [-0.2, -0.15) is 26.3 Å². The predicted octanol–water partition coefficient (Wildman–Crippen LogP) is 4.83. The van der Waals surface area contributed by atoms with Gasteiger partial charge in [-0.3, -0.25) is 4.79 Å². The maximum absolute atomic E-state index is 12.9. The van der Waals surface area contributed by atoms with Crippen LogP contribution in [0.2, 0.25) is 0 Å². The van der Waals surface area contributed by atoms with Crippen molar-refractivity contribution >= 4 is 29.2 Å². The van der Waals surface area contributed by atoms with Gasteiger partial charge < -0.3 is 10.6 Å². The molecule has 0 aliphatic heterocycles. The van der Waals surface area contributed by atoms with Crippen LogP contribution in [0, 0.1) is 0 Å². The Morgan fingerprint density at radius 3 is 2.50 bits per heavy atom. The Kier molecular flexibility index (Phi) is 6.75. The lowest BCUT2D eigenvalue weighted by atomic mass is 10.2. The molecule has 12 heteroatoms. The highest BCUT2D eigenvalue weighted by Gasteiger charge is 2.33. The third-order valence-electron chi connectivity index (χ3n) is 3.21. The van der Waals surface area contributed by atoms with Gasteiger partial charge in [0, 0.05) is 17.3 Å². The molecule has 152 valence electrons. The van der Waals surface area contributed by atoms with E-state index >= 15 is 0 Å². The SMILES string of the molecule is CCSc1cccnc1C(=O)Nc1cc(C(F)(F)F)cnc1NCC(F)(F)F. The van der Waals surface area contributed by atoms with E-state index in [4.69, 9.17) is 0 Å². The molecule has 0 radical (unpaired) electrons. The fourth-order valence-corrected chi connectivity index (χ4v) is 2.82. The van der Waals surface area contributed by atoms with Crippen LogP contribution in [0.1, 0.15) is 23.0 Å². The number of amides is 1. The van der Waals surface area contributed by atoms with Crippen molar-refractivity contribution in [1.29, 1.82) is 0 Å². The molecule has 0 spiro atoms. The normalized spacial score (nSPS) is 12.0. The van der Waals surface area contributed by atoms with Gasteiger partial charge in [0.05, 0.1) is 11.3 Å². The monoisotopic (exact) mass is 424 g/mol. The second-order valence-electron chi connectivity index (χ2n) is 5.32. The molecule has 0 bridgehead atoms. The second kappa shape index (κ2) is 8.67. The summed E-state index contributed by atoms with van der Waals surface area (Å²) in [4.78, 5) is 20.2. The van der Waals surface area contributed by atoms with E-state index in [0.29, 0.717) is 22.9 Å². The summed E-state index contributed by atoms with van der Waals surface area (Å²) in [5.74, 6) is -0.804. The van der Waals surface area contributed by atoms with Crippen molar-refractivity contribution < 1.29 is 31.1 Å². The number of anilines is 2. The van der Waals surface area contributed by atoms with E-state index in [0.717, 1.165) is 0 Å². The Bertz CT molecular complexity index is 841. The van der Waals surface area contributed by atoms with E-state index in [9.17, 15) is 31.1 Å². The van der Waals surface area contributed by atoms with Crippen LogP contribution in [-0.4, -0.2) is 34.3 Å². The molecular formula is C16H14F6N4OS. The fraction of sp³-hybridized carbons (Fsp3) is 0.312. The minimum absolute atomic E-state index is 0.0615. The molecule has 2 aromatic heterocycles. The summed E-state index contributed by atoms with van der Waals surface area (Å²) in [6.07, 6.45) is -7.71. The predicted molar refractivity (Wildman–Crippen MR) is 92.4 cm³/mol. The summed E-state index contributed by atoms with van der Waals surface area (Å²) < 4.78 is 76.1. The summed E-state index contributed by atoms with van der Waals surface area (Å²) in [6, 6.07) is 3.69. The Hall–Kier alpha value is -2.50. The molecular weight excluding hydrogens is 410 g/mol. The topological polar surface area (TPSA) is 66.9 Å². The number of carbonyl (C=O) groups excluding carboxylic acids is 1. The fourth-order valence-electron chi connectivity index (χ4n) is 2.05. The molecule has 0 atom stereocenters. The van der Waals surface area contributed by atoms with Crippen molar-refractivity contribution in [3.05, 3.63) is 41.9 Å². The van der Waals surface area contributed by atoms with Crippen molar-refractivity contribution in [3.8, 4) is 0 Å². The smallest absolute Gasteiger partial charge is 0.359 e. The lowest BCUT2D eigenvalue weighted by molar-refractivity contribution is -0.137. The highest BCUT2D eigenvalue weighted by atomic mass is 32.2. The molecule has 2 rings (SSSR count). The van der Waals surface area contributed by atoms with Crippen LogP contribution in [0.3, 0.4) is 0 Å². The van der Waals surface area contributed by atoms with Gasteiger partial charge >= 0.3 is 12.4 Å². The van der Waals surface area contributed by atoms with Crippen molar-refractivity contribution in [2.24, 2.45) is 0 Å². The Balaban J connectivity index is 2.37. The number of hydrogen-bond donors (Lipinski definition) is 2. The molecule has 0 aliphatic rings. The van der Waals surface area contributed by atoms with E-state index < -0.39 is 41.9 Å². The van der Waals surface area contributed by atoms with E-state index in [1.165, 1.54) is 18.0 Å². The molecule has 0 unspecified atom stereocenters. The molecule has 2 heterocycles. The highest BCUT2D eigenvalue weighted by Crippen LogP contribution is 2.33. The standard InChI is InChI=1S/C16H14F6N4OS/c1-2-28-11-4-3-5-23-12(11)14(27)26-10-6-9(16(20,21)22)7-24-13(10)25-8-15(17,18)19/h3-7H,2,8H2,1H3,(H,24,25)(H,26,27). The third-order valence-corrected chi connectivity index (χ3v) is 4.13. The van der Waals surface area contributed by atoms with Crippen molar-refractivity contribution in [2.45, 2.75) is 24.2 Å². The van der Waals surface area contributed by atoms with Gasteiger partial charge in [-0.25, -0.2) is 9.97 Å². The van der Waals surface area contributed by atoms with Crippen molar-refractivity contribution in [1.82, 2.24) is 9.97 Å². The number of nitrogens with one attached hydrogen (secondary N) is 2. The van der Waals surface area contributed by atoms with Crippen LogP contribution >= 0.6 is 11.8 Å². The summed E-state index contributed by atoms with van der Waals surface area (Å²) in [5, 5.41) is 4.05. The van der Waals surface area contributed by atoms with Gasteiger partial charge in [0.1, 0.15) is 18.1 Å². The largest absolute Gasteiger partial charge is 0.417 e. The third kappa shape index (κ3) is 6.01. The Morgan fingerprint density at radius 2 is 1.89 bits per heavy atom. The van der Waals surface area contributed by atoms with Gasteiger partial charge in [0.25, 0.3) is 5.91 Å². The number of aromatic nitrogens is 2. The van der Waals surface area contributed by atoms with Gasteiger partial charge in [0.2, 0.25) is 0 Å². The molecule has 0 fully saturated rings. The summed E-state index contributed by atoms with van der Waals surface area (Å²) in [6.45, 7) is 0.296. The summed E-state index contributed by atoms with van der Waals surface area (Å²) in [5.41, 5.74) is -1.82. The van der Waals surface area contributed by atoms with E-state index in [-0.39, 0.29) is 5.69 Å². The van der Waals surface area contributed by atoms with E-state index in [2.05, 4.69) is 15.3 Å². The lowest BCUT2D eigenvalue weighted by Crippen LogP contribution is -2.24. The van der Waals surface area contributed by atoms with Gasteiger partial charge in [-0.15, -0.1) is 11.8 Å². The van der Waals surface area contributed by atoms with Crippen molar-refractivity contribution in [3.63, 3.8) is 0 Å². The maximum Gasteiger partial charge on any atom is 0.417 e. The first kappa shape index (κ1) is 21.8. The van der Waals surface area contributed by atoms with Gasteiger partial charge in [-0.05, 0) is 24.0 Å². The average Bonchev–Trinajstić information content (AvgIpc) is 2.59. The minimum atomic E-state index is -4.79. The number of pyridine rings is 2. The second-order valence-corrected chi connectivity index (χ2v) is 6.63. The van der Waals surface area contributed by atoms with Crippen LogP contribution in [0.15, 0.2) is 35.5 Å². The molecule has 0 aromatic carbocycles. The molecule has 2 N–H and O–H groups in total. The number of nitrogens with zero attached hydrogens (tertiary/aromatic N) is 2. The zero-order valence-electron chi connectivity index (χ0n) is 14.3. The molecule has 28 heavy (non-hydrogen) atoms. The van der Waals surface area contributed by atoms with E-state index in [1.54, 1.807) is 12.1 Å². The molecule has 2 aromatic rings. The van der Waals surface area contributed by atoms with Crippen molar-refractivity contribution in [2.75, 3.05) is 22.9 Å².